The monoisotopic (exact) mass is 337 g/mol. The summed E-state index contributed by atoms with van der Waals surface area (Å²) in [5, 5.41) is 4.09. The average Bonchev–Trinajstić information content (AvgIpc) is 2.23. The van der Waals surface area contributed by atoms with Gasteiger partial charge in [-0.3, -0.25) is 0 Å². The third-order valence-corrected chi connectivity index (χ3v) is 4.10. The van der Waals surface area contributed by atoms with Gasteiger partial charge in [0.05, 0.1) is 5.02 Å². The van der Waals surface area contributed by atoms with E-state index in [-0.39, 0.29) is 0 Å². The topological polar surface area (TPSA) is 28.2 Å². The molecule has 1 atom stereocenters. The summed E-state index contributed by atoms with van der Waals surface area (Å²) in [7, 11) is 0. The Kier molecular flexibility index (Phi) is 3.69. The zero-order chi connectivity index (χ0) is 10.8. The number of nitrogens with zero attached hydrogens (tertiary/aromatic N) is 2. The first-order valence-corrected chi connectivity index (χ1v) is 6.42. The van der Waals surface area contributed by atoms with Crippen molar-refractivity contribution in [3.63, 3.8) is 0 Å². The maximum Gasteiger partial charge on any atom is 0.129 e. The number of anilines is 1. The van der Waals surface area contributed by atoms with E-state index in [9.17, 15) is 0 Å². The lowest BCUT2D eigenvalue weighted by Gasteiger charge is -2.35. The van der Waals surface area contributed by atoms with Crippen molar-refractivity contribution in [3.05, 3.63) is 20.9 Å². The van der Waals surface area contributed by atoms with Crippen LogP contribution in [0.25, 0.3) is 0 Å². The minimum Gasteiger partial charge on any atom is -0.351 e. The van der Waals surface area contributed by atoms with Gasteiger partial charge in [0.25, 0.3) is 0 Å². The van der Waals surface area contributed by atoms with Gasteiger partial charge in [-0.15, -0.1) is 0 Å². The molecular weight excluding hydrogens is 324 g/mol. The highest BCUT2D eigenvalue weighted by Crippen LogP contribution is 2.23. The zero-order valence-electron chi connectivity index (χ0n) is 8.50. The summed E-state index contributed by atoms with van der Waals surface area (Å²) in [5.74, 6) is 1.03. The molecule has 0 aromatic carbocycles. The standard InChI is InChI=1S/C10H13ClIN3/c1-7-5-13-2-3-15(7)10-4-9(12)8(11)6-14-10/h4,6-7,13H,2-3,5H2,1H3. The van der Waals surface area contributed by atoms with Gasteiger partial charge in [-0.25, -0.2) is 4.98 Å². The fourth-order valence-corrected chi connectivity index (χ4v) is 2.26. The summed E-state index contributed by atoms with van der Waals surface area (Å²) >= 11 is 8.19. The zero-order valence-corrected chi connectivity index (χ0v) is 11.4. The van der Waals surface area contributed by atoms with Crippen LogP contribution in [0.2, 0.25) is 5.02 Å². The summed E-state index contributed by atoms with van der Waals surface area (Å²) < 4.78 is 1.06. The predicted molar refractivity (Wildman–Crippen MR) is 71.6 cm³/mol. The van der Waals surface area contributed by atoms with Crippen LogP contribution in [-0.2, 0) is 0 Å². The quantitative estimate of drug-likeness (QED) is 0.796. The van der Waals surface area contributed by atoms with E-state index in [0.717, 1.165) is 34.0 Å². The Balaban J connectivity index is 2.24. The second-order valence-electron chi connectivity index (χ2n) is 3.70. The van der Waals surface area contributed by atoms with Crippen molar-refractivity contribution in [2.75, 3.05) is 24.5 Å². The molecule has 0 spiro atoms. The molecule has 0 aliphatic carbocycles. The Bertz CT molecular complexity index is 359. The van der Waals surface area contributed by atoms with Gasteiger partial charge in [-0.05, 0) is 35.6 Å². The summed E-state index contributed by atoms with van der Waals surface area (Å²) in [6, 6.07) is 2.54. The van der Waals surface area contributed by atoms with Gasteiger partial charge >= 0.3 is 0 Å². The molecule has 1 aromatic heterocycles. The Morgan fingerprint density at radius 3 is 3.13 bits per heavy atom. The fraction of sp³-hybridized carbons (Fsp3) is 0.500. The number of piperazine rings is 1. The largest absolute Gasteiger partial charge is 0.351 e. The molecule has 5 heteroatoms. The fourth-order valence-electron chi connectivity index (χ4n) is 1.74. The molecule has 1 aromatic rings. The SMILES string of the molecule is CC1CNCCN1c1cc(I)c(Cl)cn1. The Hall–Kier alpha value is -0.0700. The lowest BCUT2D eigenvalue weighted by molar-refractivity contribution is 0.497. The lowest BCUT2D eigenvalue weighted by Crippen LogP contribution is -2.50. The third-order valence-electron chi connectivity index (χ3n) is 2.59. The van der Waals surface area contributed by atoms with Gasteiger partial charge in [-0.2, -0.15) is 0 Å². The average molecular weight is 338 g/mol. The van der Waals surface area contributed by atoms with Crippen LogP contribution in [0, 0.1) is 3.57 Å². The number of aromatic nitrogens is 1. The van der Waals surface area contributed by atoms with Crippen LogP contribution in [0.4, 0.5) is 5.82 Å². The molecule has 1 fully saturated rings. The third kappa shape index (κ3) is 2.54. The number of rotatable bonds is 1. The van der Waals surface area contributed by atoms with Crippen molar-refractivity contribution in [2.45, 2.75) is 13.0 Å². The Labute approximate surface area is 108 Å². The Morgan fingerprint density at radius 2 is 2.47 bits per heavy atom. The van der Waals surface area contributed by atoms with E-state index in [1.165, 1.54) is 0 Å². The summed E-state index contributed by atoms with van der Waals surface area (Å²) in [4.78, 5) is 6.69. The molecule has 3 nitrogen and oxygen atoms in total. The summed E-state index contributed by atoms with van der Waals surface area (Å²) in [6.45, 7) is 5.24. The smallest absolute Gasteiger partial charge is 0.129 e. The first-order chi connectivity index (χ1) is 7.18. The minimum atomic E-state index is 0.489. The van der Waals surface area contributed by atoms with E-state index in [1.54, 1.807) is 6.20 Å². The molecule has 1 N–H and O–H groups in total. The first kappa shape index (κ1) is 11.4. The number of hydrogen-bond donors (Lipinski definition) is 1. The molecule has 2 rings (SSSR count). The maximum absolute atomic E-state index is 5.96. The second kappa shape index (κ2) is 4.84. The molecule has 82 valence electrons. The van der Waals surface area contributed by atoms with Gasteiger partial charge in [0.15, 0.2) is 0 Å². The summed E-state index contributed by atoms with van der Waals surface area (Å²) in [5.41, 5.74) is 0. The predicted octanol–water partition coefficient (Wildman–Crippen LogP) is 2.14. The van der Waals surface area contributed by atoms with Crippen LogP contribution in [0.3, 0.4) is 0 Å². The molecule has 0 amide bonds. The molecule has 0 bridgehead atoms. The second-order valence-corrected chi connectivity index (χ2v) is 5.27. The molecule has 0 radical (unpaired) electrons. The highest BCUT2D eigenvalue weighted by molar-refractivity contribution is 14.1. The van der Waals surface area contributed by atoms with Crippen molar-refractivity contribution in [2.24, 2.45) is 0 Å². The van der Waals surface area contributed by atoms with Gasteiger partial charge < -0.3 is 10.2 Å². The van der Waals surface area contributed by atoms with E-state index in [2.05, 4.69) is 44.7 Å². The molecule has 1 saturated heterocycles. The number of nitrogens with one attached hydrogen (secondary N) is 1. The van der Waals surface area contributed by atoms with E-state index in [4.69, 9.17) is 11.6 Å². The highest BCUT2D eigenvalue weighted by atomic mass is 127. The van der Waals surface area contributed by atoms with Gasteiger partial charge in [0.1, 0.15) is 5.82 Å². The van der Waals surface area contributed by atoms with E-state index in [0.29, 0.717) is 6.04 Å². The number of halogens is 2. The van der Waals surface area contributed by atoms with Gasteiger partial charge in [0.2, 0.25) is 0 Å². The molecule has 15 heavy (non-hydrogen) atoms. The molecule has 1 unspecified atom stereocenters. The van der Waals surface area contributed by atoms with Crippen LogP contribution in [0.1, 0.15) is 6.92 Å². The van der Waals surface area contributed by atoms with Crippen molar-refractivity contribution in [1.82, 2.24) is 10.3 Å². The van der Waals surface area contributed by atoms with Crippen molar-refractivity contribution < 1.29 is 0 Å². The van der Waals surface area contributed by atoms with Gasteiger partial charge in [-0.1, -0.05) is 11.6 Å². The maximum atomic E-state index is 5.96. The van der Waals surface area contributed by atoms with E-state index < -0.39 is 0 Å². The normalized spacial score (nSPS) is 21.8. The van der Waals surface area contributed by atoms with Crippen LogP contribution < -0.4 is 10.2 Å². The highest BCUT2D eigenvalue weighted by Gasteiger charge is 2.19. The Morgan fingerprint density at radius 1 is 1.67 bits per heavy atom. The van der Waals surface area contributed by atoms with Crippen molar-refractivity contribution in [3.8, 4) is 0 Å². The van der Waals surface area contributed by atoms with Crippen molar-refractivity contribution in [1.29, 1.82) is 0 Å². The van der Waals surface area contributed by atoms with Crippen molar-refractivity contribution >= 4 is 40.0 Å². The lowest BCUT2D eigenvalue weighted by atomic mass is 10.2. The molecule has 2 heterocycles. The van der Waals surface area contributed by atoms with E-state index >= 15 is 0 Å². The first-order valence-electron chi connectivity index (χ1n) is 4.97. The van der Waals surface area contributed by atoms with Gasteiger partial charge in [0, 0.05) is 35.4 Å². The molecule has 1 aliphatic heterocycles. The minimum absolute atomic E-state index is 0.489. The van der Waals surface area contributed by atoms with Crippen LogP contribution in [-0.4, -0.2) is 30.7 Å². The molecule has 0 saturated carbocycles. The van der Waals surface area contributed by atoms with E-state index in [1.807, 2.05) is 6.07 Å². The van der Waals surface area contributed by atoms with Crippen LogP contribution in [0.15, 0.2) is 12.3 Å². The summed E-state index contributed by atoms with van der Waals surface area (Å²) in [6.07, 6.45) is 1.73. The van der Waals surface area contributed by atoms with Crippen LogP contribution in [0.5, 0.6) is 0 Å². The molecular formula is C10H13ClIN3. The molecule has 1 aliphatic rings. The number of pyridine rings is 1. The van der Waals surface area contributed by atoms with Crippen LogP contribution >= 0.6 is 34.2 Å². The number of hydrogen-bond acceptors (Lipinski definition) is 3.